The van der Waals surface area contributed by atoms with E-state index in [0.717, 1.165) is 25.2 Å². The number of anilines is 1. The van der Waals surface area contributed by atoms with Crippen LogP contribution < -0.4 is 10.6 Å². The van der Waals surface area contributed by atoms with E-state index in [9.17, 15) is 4.79 Å². The van der Waals surface area contributed by atoms with Crippen LogP contribution in [0.5, 0.6) is 0 Å². The van der Waals surface area contributed by atoms with Gasteiger partial charge < -0.3 is 15.5 Å². The number of urea groups is 1. The lowest BCUT2D eigenvalue weighted by atomic mass is 10.2. The molecule has 1 aliphatic heterocycles. The molecule has 1 heterocycles. The van der Waals surface area contributed by atoms with E-state index >= 15 is 0 Å². The van der Waals surface area contributed by atoms with Gasteiger partial charge in [0.1, 0.15) is 0 Å². The smallest absolute Gasteiger partial charge is 0.321 e. The van der Waals surface area contributed by atoms with Crippen molar-refractivity contribution >= 4 is 11.7 Å². The molecule has 17 heavy (non-hydrogen) atoms. The molecule has 4 heteroatoms. The van der Waals surface area contributed by atoms with Gasteiger partial charge in [-0.25, -0.2) is 4.79 Å². The number of likely N-dealkylation sites (N-methyl/N-ethyl adjacent to an activating group) is 1. The summed E-state index contributed by atoms with van der Waals surface area (Å²) in [6.07, 6.45) is 2.36. The third-order valence-corrected chi connectivity index (χ3v) is 3.03. The van der Waals surface area contributed by atoms with Gasteiger partial charge in [0.2, 0.25) is 0 Å². The van der Waals surface area contributed by atoms with Crippen LogP contribution in [-0.2, 0) is 0 Å². The van der Waals surface area contributed by atoms with Gasteiger partial charge in [-0.1, -0.05) is 18.2 Å². The number of rotatable bonds is 3. The van der Waals surface area contributed by atoms with E-state index in [2.05, 4.69) is 10.6 Å². The number of hydrogen-bond acceptors (Lipinski definition) is 2. The first kappa shape index (κ1) is 11.9. The number of carbonyl (C=O) groups is 1. The van der Waals surface area contributed by atoms with Crippen LogP contribution in [-0.4, -0.2) is 37.1 Å². The monoisotopic (exact) mass is 233 g/mol. The average molecular weight is 233 g/mol. The molecule has 2 amide bonds. The Labute approximate surface area is 102 Å². The number of carbonyl (C=O) groups excluding carboxylic acids is 1. The van der Waals surface area contributed by atoms with Crippen molar-refractivity contribution in [2.75, 3.05) is 25.5 Å². The van der Waals surface area contributed by atoms with Crippen molar-refractivity contribution in [1.82, 2.24) is 10.2 Å². The molecule has 2 rings (SSSR count). The molecule has 1 aromatic rings. The minimum atomic E-state index is -0.0510. The van der Waals surface area contributed by atoms with E-state index in [-0.39, 0.29) is 6.03 Å². The number of nitrogens with one attached hydrogen (secondary N) is 2. The molecule has 1 aromatic carbocycles. The van der Waals surface area contributed by atoms with Crippen molar-refractivity contribution in [3.8, 4) is 0 Å². The maximum atomic E-state index is 11.9. The van der Waals surface area contributed by atoms with Crippen LogP contribution in [0.2, 0.25) is 0 Å². The lowest BCUT2D eigenvalue weighted by Crippen LogP contribution is -2.40. The van der Waals surface area contributed by atoms with Crippen LogP contribution >= 0.6 is 0 Å². The minimum absolute atomic E-state index is 0.0510. The minimum Gasteiger partial charge on any atom is -0.326 e. The molecule has 92 valence electrons. The molecule has 1 unspecified atom stereocenters. The highest BCUT2D eigenvalue weighted by molar-refractivity contribution is 5.89. The molecular formula is C13H19N3O. The first-order valence-electron chi connectivity index (χ1n) is 6.06. The quantitative estimate of drug-likeness (QED) is 0.837. The van der Waals surface area contributed by atoms with Gasteiger partial charge in [-0.15, -0.1) is 0 Å². The van der Waals surface area contributed by atoms with E-state index < -0.39 is 0 Å². The van der Waals surface area contributed by atoms with E-state index in [1.807, 2.05) is 37.4 Å². The van der Waals surface area contributed by atoms with Gasteiger partial charge in [0.05, 0.1) is 0 Å². The van der Waals surface area contributed by atoms with Crippen LogP contribution in [0.15, 0.2) is 30.3 Å². The van der Waals surface area contributed by atoms with Crippen LogP contribution in [0.4, 0.5) is 10.5 Å². The molecule has 0 saturated carbocycles. The first-order chi connectivity index (χ1) is 8.25. The summed E-state index contributed by atoms with van der Waals surface area (Å²) in [5.74, 6) is 0. The summed E-state index contributed by atoms with van der Waals surface area (Å²) < 4.78 is 0. The Morgan fingerprint density at radius 1 is 1.47 bits per heavy atom. The van der Waals surface area contributed by atoms with Crippen molar-refractivity contribution in [2.24, 2.45) is 0 Å². The highest BCUT2D eigenvalue weighted by Gasteiger charge is 2.18. The predicted molar refractivity (Wildman–Crippen MR) is 69.1 cm³/mol. The molecule has 0 bridgehead atoms. The summed E-state index contributed by atoms with van der Waals surface area (Å²) in [4.78, 5) is 13.6. The van der Waals surface area contributed by atoms with E-state index in [4.69, 9.17) is 0 Å². The zero-order valence-corrected chi connectivity index (χ0v) is 10.1. The van der Waals surface area contributed by atoms with E-state index in [1.165, 1.54) is 6.42 Å². The fourth-order valence-corrected chi connectivity index (χ4v) is 2.07. The van der Waals surface area contributed by atoms with Crippen molar-refractivity contribution in [2.45, 2.75) is 18.9 Å². The summed E-state index contributed by atoms with van der Waals surface area (Å²) >= 11 is 0. The highest BCUT2D eigenvalue weighted by atomic mass is 16.2. The summed E-state index contributed by atoms with van der Waals surface area (Å²) in [7, 11) is 1.83. The van der Waals surface area contributed by atoms with Crippen LogP contribution in [0.25, 0.3) is 0 Å². The predicted octanol–water partition coefficient (Wildman–Crippen LogP) is 1.90. The lowest BCUT2D eigenvalue weighted by molar-refractivity contribution is 0.218. The van der Waals surface area contributed by atoms with Gasteiger partial charge in [0, 0.05) is 25.3 Å². The molecule has 2 N–H and O–H groups in total. The summed E-state index contributed by atoms with van der Waals surface area (Å²) in [6, 6.07) is 9.93. The number of nitrogens with zero attached hydrogens (tertiary/aromatic N) is 1. The number of para-hydroxylation sites is 1. The van der Waals surface area contributed by atoms with Gasteiger partial charge in [-0.3, -0.25) is 0 Å². The topological polar surface area (TPSA) is 44.4 Å². The second-order valence-electron chi connectivity index (χ2n) is 4.47. The second kappa shape index (κ2) is 5.68. The number of benzene rings is 1. The molecule has 1 saturated heterocycles. The Balaban J connectivity index is 1.82. The Hall–Kier alpha value is -1.55. The fraction of sp³-hybridized carbons (Fsp3) is 0.462. The Morgan fingerprint density at radius 3 is 2.88 bits per heavy atom. The maximum absolute atomic E-state index is 11.9. The Morgan fingerprint density at radius 2 is 2.24 bits per heavy atom. The molecule has 1 fully saturated rings. The van der Waals surface area contributed by atoms with Gasteiger partial charge in [0.15, 0.2) is 0 Å². The zero-order chi connectivity index (χ0) is 12.1. The summed E-state index contributed by atoms with van der Waals surface area (Å²) in [5.41, 5.74) is 0.837. The van der Waals surface area contributed by atoms with E-state index in [1.54, 1.807) is 4.90 Å². The van der Waals surface area contributed by atoms with Crippen molar-refractivity contribution < 1.29 is 4.79 Å². The zero-order valence-electron chi connectivity index (χ0n) is 10.1. The molecule has 1 atom stereocenters. The first-order valence-corrected chi connectivity index (χ1v) is 6.06. The fourth-order valence-electron chi connectivity index (χ4n) is 2.07. The van der Waals surface area contributed by atoms with Gasteiger partial charge >= 0.3 is 6.03 Å². The van der Waals surface area contributed by atoms with E-state index in [0.29, 0.717) is 6.04 Å². The summed E-state index contributed by atoms with van der Waals surface area (Å²) in [5, 5.41) is 6.26. The number of amides is 2. The third kappa shape index (κ3) is 3.46. The van der Waals surface area contributed by atoms with Gasteiger partial charge in [-0.05, 0) is 31.5 Å². The third-order valence-electron chi connectivity index (χ3n) is 3.03. The second-order valence-corrected chi connectivity index (χ2v) is 4.47. The molecule has 0 aromatic heterocycles. The van der Waals surface area contributed by atoms with Gasteiger partial charge in [0.25, 0.3) is 0 Å². The van der Waals surface area contributed by atoms with Crippen molar-refractivity contribution in [1.29, 1.82) is 0 Å². The van der Waals surface area contributed by atoms with Crippen molar-refractivity contribution in [3.63, 3.8) is 0 Å². The molecule has 4 nitrogen and oxygen atoms in total. The molecule has 0 radical (unpaired) electrons. The Bertz CT molecular complexity index is 360. The van der Waals surface area contributed by atoms with Gasteiger partial charge in [-0.2, -0.15) is 0 Å². The molecule has 0 spiro atoms. The lowest BCUT2D eigenvalue weighted by Gasteiger charge is -2.21. The normalized spacial score (nSPS) is 19.0. The van der Waals surface area contributed by atoms with Crippen LogP contribution in [0.1, 0.15) is 12.8 Å². The standard InChI is InChI=1S/C13H19N3O/c1-16(10-12-8-5-9-14-12)13(17)15-11-6-3-2-4-7-11/h2-4,6-7,12,14H,5,8-10H2,1H3,(H,15,17). The highest BCUT2D eigenvalue weighted by Crippen LogP contribution is 2.09. The summed E-state index contributed by atoms with van der Waals surface area (Å²) in [6.45, 7) is 1.83. The molecular weight excluding hydrogens is 214 g/mol. The Kier molecular flexibility index (Phi) is 3.98. The number of hydrogen-bond donors (Lipinski definition) is 2. The molecule has 1 aliphatic rings. The molecule has 0 aliphatic carbocycles. The maximum Gasteiger partial charge on any atom is 0.321 e. The van der Waals surface area contributed by atoms with Crippen molar-refractivity contribution in [3.05, 3.63) is 30.3 Å². The largest absolute Gasteiger partial charge is 0.326 e. The SMILES string of the molecule is CN(CC1CCCN1)C(=O)Nc1ccccc1. The van der Waals surface area contributed by atoms with Crippen LogP contribution in [0, 0.1) is 0 Å². The van der Waals surface area contributed by atoms with Crippen LogP contribution in [0.3, 0.4) is 0 Å². The average Bonchev–Trinajstić information content (AvgIpc) is 2.83.